The summed E-state index contributed by atoms with van der Waals surface area (Å²) in [6, 6.07) is 17.3. The molecule has 1 aliphatic heterocycles. The third-order valence-electron chi connectivity index (χ3n) is 5.23. The molecular weight excluding hydrogens is 492 g/mol. The number of ether oxygens (including phenoxy) is 2. The average Bonchev–Trinajstić information content (AvgIpc) is 3.45. The number of hydrogen-bond donors (Lipinski definition) is 0. The molecule has 0 saturated carbocycles. The third kappa shape index (κ3) is 6.18. The predicted molar refractivity (Wildman–Crippen MR) is 143 cm³/mol. The molecule has 1 aromatic heterocycles. The second-order valence-electron chi connectivity index (χ2n) is 8.37. The van der Waals surface area contributed by atoms with Crippen LogP contribution >= 0.6 is 11.8 Å². The van der Waals surface area contributed by atoms with Crippen molar-refractivity contribution in [3.63, 3.8) is 0 Å². The number of esters is 2. The molecule has 1 amide bonds. The van der Waals surface area contributed by atoms with E-state index in [1.165, 1.54) is 16.7 Å². The second-order valence-corrected chi connectivity index (χ2v) is 9.38. The summed E-state index contributed by atoms with van der Waals surface area (Å²) in [5, 5.41) is 0.480. The SMILES string of the molecule is CCOC(=O)c1cccc(N=C2SC(=Cc3ccc(-c4ccc(C(=O)OC(C)C)cc4)o3)C(=O)N2C)c1. The van der Waals surface area contributed by atoms with Gasteiger partial charge in [0.15, 0.2) is 5.17 Å². The van der Waals surface area contributed by atoms with Gasteiger partial charge in [0.2, 0.25) is 0 Å². The number of hydrogen-bond acceptors (Lipinski definition) is 8. The lowest BCUT2D eigenvalue weighted by atomic mass is 10.1. The topological polar surface area (TPSA) is 98.4 Å². The van der Waals surface area contributed by atoms with Crippen molar-refractivity contribution < 1.29 is 28.3 Å². The molecule has 2 heterocycles. The van der Waals surface area contributed by atoms with E-state index in [2.05, 4.69) is 4.99 Å². The summed E-state index contributed by atoms with van der Waals surface area (Å²) in [5.74, 6) is 0.0956. The number of rotatable bonds is 7. The lowest BCUT2D eigenvalue weighted by Gasteiger charge is -2.08. The highest BCUT2D eigenvalue weighted by atomic mass is 32.2. The molecule has 0 N–H and O–H groups in total. The standard InChI is InChI=1S/C28H26N2O6S/c1-5-34-26(32)20-7-6-8-21(15-20)29-28-30(4)25(31)24(37-28)16-22-13-14-23(36-22)18-9-11-19(12-10-18)27(33)35-17(2)3/h6-17H,5H2,1-4H3. The van der Waals surface area contributed by atoms with Crippen LogP contribution in [0.2, 0.25) is 0 Å². The smallest absolute Gasteiger partial charge is 0.338 e. The monoisotopic (exact) mass is 518 g/mol. The fourth-order valence-corrected chi connectivity index (χ4v) is 4.41. The lowest BCUT2D eigenvalue weighted by Crippen LogP contribution is -2.23. The quantitative estimate of drug-likeness (QED) is 0.283. The third-order valence-corrected chi connectivity index (χ3v) is 6.29. The van der Waals surface area contributed by atoms with Gasteiger partial charge in [0.25, 0.3) is 5.91 Å². The molecule has 0 bridgehead atoms. The summed E-state index contributed by atoms with van der Waals surface area (Å²) in [5.41, 5.74) is 2.18. The van der Waals surface area contributed by atoms with Crippen LogP contribution in [0.5, 0.6) is 0 Å². The highest BCUT2D eigenvalue weighted by molar-refractivity contribution is 8.18. The molecule has 0 unspecified atom stereocenters. The largest absolute Gasteiger partial charge is 0.462 e. The molecule has 1 fully saturated rings. The van der Waals surface area contributed by atoms with Crippen LogP contribution in [0.25, 0.3) is 17.4 Å². The molecule has 0 atom stereocenters. The lowest BCUT2D eigenvalue weighted by molar-refractivity contribution is -0.121. The zero-order chi connectivity index (χ0) is 26.5. The van der Waals surface area contributed by atoms with Gasteiger partial charge in [-0.3, -0.25) is 9.69 Å². The van der Waals surface area contributed by atoms with E-state index in [4.69, 9.17) is 13.9 Å². The number of furan rings is 1. The Bertz CT molecular complexity index is 1390. The van der Waals surface area contributed by atoms with Crippen molar-refractivity contribution in [2.24, 2.45) is 4.99 Å². The predicted octanol–water partition coefficient (Wildman–Crippen LogP) is 5.92. The Labute approximate surface area is 219 Å². The number of nitrogens with zero attached hydrogens (tertiary/aromatic N) is 2. The number of carbonyl (C=O) groups is 3. The Hall–Kier alpha value is -4.11. The van der Waals surface area contributed by atoms with Crippen LogP contribution in [-0.4, -0.2) is 47.7 Å². The highest BCUT2D eigenvalue weighted by Crippen LogP contribution is 2.34. The van der Waals surface area contributed by atoms with Gasteiger partial charge in [0.05, 0.1) is 34.4 Å². The molecule has 190 valence electrons. The minimum atomic E-state index is -0.424. The van der Waals surface area contributed by atoms with Crippen LogP contribution in [-0.2, 0) is 14.3 Å². The number of benzene rings is 2. The second kappa shape index (κ2) is 11.3. The van der Waals surface area contributed by atoms with Crippen molar-refractivity contribution in [1.29, 1.82) is 0 Å². The fourth-order valence-electron chi connectivity index (χ4n) is 3.45. The van der Waals surface area contributed by atoms with Crippen LogP contribution in [0.15, 0.2) is 75.0 Å². The summed E-state index contributed by atoms with van der Waals surface area (Å²) in [6.45, 7) is 5.63. The van der Waals surface area contributed by atoms with E-state index < -0.39 is 5.97 Å². The summed E-state index contributed by atoms with van der Waals surface area (Å²) in [7, 11) is 1.64. The number of likely N-dealkylation sites (N-methyl/N-ethyl adjacent to an activating group) is 1. The minimum Gasteiger partial charge on any atom is -0.462 e. The van der Waals surface area contributed by atoms with Crippen LogP contribution in [0.3, 0.4) is 0 Å². The van der Waals surface area contributed by atoms with E-state index in [-0.39, 0.29) is 24.6 Å². The van der Waals surface area contributed by atoms with Gasteiger partial charge in [0.1, 0.15) is 11.5 Å². The zero-order valence-electron chi connectivity index (χ0n) is 20.9. The number of carbonyl (C=O) groups excluding carboxylic acids is 3. The van der Waals surface area contributed by atoms with Crippen LogP contribution in [0.4, 0.5) is 5.69 Å². The van der Waals surface area contributed by atoms with Gasteiger partial charge < -0.3 is 13.9 Å². The number of amidine groups is 1. The van der Waals surface area contributed by atoms with E-state index in [1.54, 1.807) is 94.6 Å². The van der Waals surface area contributed by atoms with Crippen molar-refractivity contribution in [2.45, 2.75) is 26.9 Å². The molecule has 0 aliphatic carbocycles. The summed E-state index contributed by atoms with van der Waals surface area (Å²) in [4.78, 5) is 43.3. The van der Waals surface area contributed by atoms with Gasteiger partial charge in [-0.1, -0.05) is 18.2 Å². The Balaban J connectivity index is 1.50. The van der Waals surface area contributed by atoms with Crippen molar-refractivity contribution in [3.8, 4) is 11.3 Å². The van der Waals surface area contributed by atoms with Crippen LogP contribution in [0.1, 0.15) is 47.2 Å². The zero-order valence-corrected chi connectivity index (χ0v) is 21.7. The van der Waals surface area contributed by atoms with Crippen LogP contribution < -0.4 is 0 Å². The first kappa shape index (κ1) is 26.0. The van der Waals surface area contributed by atoms with Gasteiger partial charge in [-0.15, -0.1) is 0 Å². The summed E-state index contributed by atoms with van der Waals surface area (Å²) in [6.07, 6.45) is 1.47. The van der Waals surface area contributed by atoms with E-state index in [0.29, 0.717) is 38.4 Å². The van der Waals surface area contributed by atoms with Gasteiger partial charge in [0, 0.05) is 18.7 Å². The Morgan fingerprint density at radius 1 is 1.05 bits per heavy atom. The number of aliphatic imine (C=N–C) groups is 1. The maximum atomic E-state index is 12.8. The van der Waals surface area contributed by atoms with E-state index >= 15 is 0 Å². The Morgan fingerprint density at radius 3 is 2.51 bits per heavy atom. The first-order valence-corrected chi connectivity index (χ1v) is 12.5. The Morgan fingerprint density at radius 2 is 1.81 bits per heavy atom. The van der Waals surface area contributed by atoms with Crippen molar-refractivity contribution in [3.05, 3.63) is 82.5 Å². The van der Waals surface area contributed by atoms with Gasteiger partial charge in [-0.25, -0.2) is 14.6 Å². The van der Waals surface area contributed by atoms with Gasteiger partial charge >= 0.3 is 11.9 Å². The van der Waals surface area contributed by atoms with Gasteiger partial charge in [-0.2, -0.15) is 0 Å². The van der Waals surface area contributed by atoms with E-state index in [0.717, 1.165) is 5.56 Å². The maximum absolute atomic E-state index is 12.8. The summed E-state index contributed by atoms with van der Waals surface area (Å²) >= 11 is 1.22. The van der Waals surface area contributed by atoms with Crippen molar-refractivity contribution >= 4 is 46.5 Å². The molecule has 37 heavy (non-hydrogen) atoms. The van der Waals surface area contributed by atoms with Gasteiger partial charge in [-0.05, 0) is 75.0 Å². The molecule has 4 rings (SSSR count). The molecule has 0 radical (unpaired) electrons. The molecule has 3 aromatic rings. The molecule has 9 heteroatoms. The molecule has 0 spiro atoms. The fraction of sp³-hybridized carbons (Fsp3) is 0.214. The van der Waals surface area contributed by atoms with Crippen molar-refractivity contribution in [2.75, 3.05) is 13.7 Å². The van der Waals surface area contributed by atoms with E-state index in [1.807, 2.05) is 0 Å². The average molecular weight is 519 g/mol. The molecular formula is C28H26N2O6S. The first-order valence-electron chi connectivity index (χ1n) is 11.7. The van der Waals surface area contributed by atoms with E-state index in [9.17, 15) is 14.4 Å². The number of amides is 1. The van der Waals surface area contributed by atoms with Crippen molar-refractivity contribution in [1.82, 2.24) is 4.90 Å². The molecule has 1 saturated heterocycles. The maximum Gasteiger partial charge on any atom is 0.338 e. The normalized spacial score (nSPS) is 15.6. The summed E-state index contributed by atoms with van der Waals surface area (Å²) < 4.78 is 16.2. The minimum absolute atomic E-state index is 0.191. The first-order chi connectivity index (χ1) is 17.7. The highest BCUT2D eigenvalue weighted by Gasteiger charge is 2.30. The molecule has 1 aliphatic rings. The Kier molecular flexibility index (Phi) is 7.93. The number of thioether (sulfide) groups is 1. The molecule has 2 aromatic carbocycles. The van der Waals surface area contributed by atoms with Crippen LogP contribution in [0, 0.1) is 0 Å². The molecule has 8 nitrogen and oxygen atoms in total.